The Morgan fingerprint density at radius 2 is 1.91 bits per heavy atom. The van der Waals surface area contributed by atoms with Gasteiger partial charge in [-0.05, 0) is 25.1 Å². The van der Waals surface area contributed by atoms with Crippen LogP contribution in [0.2, 0.25) is 0 Å². The van der Waals surface area contributed by atoms with Crippen molar-refractivity contribution >= 4 is 27.7 Å². The molecule has 2 aromatic rings. The van der Waals surface area contributed by atoms with E-state index in [0.717, 1.165) is 10.5 Å². The van der Waals surface area contributed by atoms with Crippen molar-refractivity contribution in [2.45, 2.75) is 35.0 Å². The number of rotatable bonds is 5. The molecule has 0 aliphatic carbocycles. The van der Waals surface area contributed by atoms with Crippen LogP contribution in [0.25, 0.3) is 0 Å². The lowest BCUT2D eigenvalue weighted by Gasteiger charge is -2.10. The lowest BCUT2D eigenvalue weighted by Crippen LogP contribution is -2.30. The molecule has 1 aromatic carbocycles. The third-order valence-electron chi connectivity index (χ3n) is 2.85. The van der Waals surface area contributed by atoms with Crippen LogP contribution in [0.3, 0.4) is 0 Å². The Kier molecular flexibility index (Phi) is 5.20. The lowest BCUT2D eigenvalue weighted by molar-refractivity contribution is -0.119. The van der Waals surface area contributed by atoms with E-state index in [1.165, 1.54) is 24.2 Å². The first kappa shape index (κ1) is 16.5. The lowest BCUT2D eigenvalue weighted by atomic mass is 10.2. The molecule has 1 aromatic heterocycles. The Labute approximate surface area is 134 Å². The van der Waals surface area contributed by atoms with Gasteiger partial charge in [-0.1, -0.05) is 36.4 Å². The summed E-state index contributed by atoms with van der Waals surface area (Å²) in [6, 6.07) is 9.37. The zero-order valence-corrected chi connectivity index (χ0v) is 13.9. The van der Waals surface area contributed by atoms with Crippen molar-refractivity contribution < 1.29 is 13.2 Å². The molecule has 0 spiro atoms. The number of hydrogen-bond acceptors (Lipinski definition) is 5. The van der Waals surface area contributed by atoms with Crippen LogP contribution in [0.1, 0.15) is 18.9 Å². The van der Waals surface area contributed by atoms with Crippen molar-refractivity contribution in [3.63, 3.8) is 0 Å². The van der Waals surface area contributed by atoms with E-state index < -0.39 is 15.9 Å². The number of hydrogen-bond donors (Lipinski definition) is 1. The van der Waals surface area contributed by atoms with Crippen molar-refractivity contribution in [3.8, 4) is 0 Å². The summed E-state index contributed by atoms with van der Waals surface area (Å²) < 4.78 is 26.6. The highest BCUT2D eigenvalue weighted by Gasteiger charge is 2.21. The first-order valence-electron chi connectivity index (χ1n) is 6.66. The Bertz CT molecular complexity index is 772. The number of sulfonamides is 1. The first-order chi connectivity index (χ1) is 10.4. The second-order valence-electron chi connectivity index (χ2n) is 4.62. The predicted molar refractivity (Wildman–Crippen MR) is 85.2 cm³/mol. The van der Waals surface area contributed by atoms with Gasteiger partial charge < -0.3 is 0 Å². The summed E-state index contributed by atoms with van der Waals surface area (Å²) in [7, 11) is -3.91. The van der Waals surface area contributed by atoms with E-state index in [1.54, 1.807) is 13.0 Å². The smallest absolute Gasteiger partial charge is 0.266 e. The molecular formula is C15H16N2O3S2. The van der Waals surface area contributed by atoms with E-state index >= 15 is 0 Å². The minimum atomic E-state index is -3.91. The highest BCUT2D eigenvalue weighted by atomic mass is 32.2. The molecule has 22 heavy (non-hydrogen) atoms. The van der Waals surface area contributed by atoms with E-state index in [4.69, 9.17) is 0 Å². The molecule has 1 amide bonds. The van der Waals surface area contributed by atoms with Crippen LogP contribution < -0.4 is 4.72 Å². The van der Waals surface area contributed by atoms with E-state index in [1.807, 2.05) is 35.9 Å². The number of aromatic nitrogens is 1. The normalized spacial score (nSPS) is 11.2. The van der Waals surface area contributed by atoms with E-state index in [0.29, 0.717) is 4.90 Å². The molecule has 5 nitrogen and oxygen atoms in total. The highest BCUT2D eigenvalue weighted by Crippen LogP contribution is 2.32. The minimum Gasteiger partial charge on any atom is -0.274 e. The van der Waals surface area contributed by atoms with Gasteiger partial charge in [0.1, 0.15) is 4.90 Å². The molecule has 7 heteroatoms. The standard InChI is InChI=1S/C15H16N2O3S2/c1-3-15(18)17-22(19,20)14-10-16-9-8-13(14)21-12-6-4-11(2)5-7-12/h4-10H,3H2,1-2H3,(H,17,18). The SMILES string of the molecule is CCC(=O)NS(=O)(=O)c1cnccc1Sc1ccc(C)cc1. The molecule has 0 atom stereocenters. The van der Waals surface area contributed by atoms with Gasteiger partial charge in [0.15, 0.2) is 0 Å². The maximum atomic E-state index is 12.3. The van der Waals surface area contributed by atoms with Gasteiger partial charge in [-0.3, -0.25) is 9.78 Å². The number of carbonyl (C=O) groups is 1. The maximum Gasteiger partial charge on any atom is 0.266 e. The number of carbonyl (C=O) groups excluding carboxylic acids is 1. The Balaban J connectivity index is 2.34. The quantitative estimate of drug-likeness (QED) is 0.908. The van der Waals surface area contributed by atoms with Gasteiger partial charge >= 0.3 is 0 Å². The molecule has 0 aliphatic heterocycles. The van der Waals surface area contributed by atoms with Gasteiger partial charge in [0, 0.05) is 28.6 Å². The number of nitrogens with zero attached hydrogens (tertiary/aromatic N) is 1. The number of nitrogens with one attached hydrogen (secondary N) is 1. The van der Waals surface area contributed by atoms with Gasteiger partial charge in [-0.25, -0.2) is 13.1 Å². The van der Waals surface area contributed by atoms with Crippen molar-refractivity contribution in [2.75, 3.05) is 0 Å². The summed E-state index contributed by atoms with van der Waals surface area (Å²) in [6.45, 7) is 3.58. The zero-order chi connectivity index (χ0) is 16.2. The molecule has 2 rings (SSSR count). The molecule has 0 fully saturated rings. The van der Waals surface area contributed by atoms with Gasteiger partial charge in [-0.2, -0.15) is 0 Å². The van der Waals surface area contributed by atoms with Crippen LogP contribution in [0.5, 0.6) is 0 Å². The zero-order valence-electron chi connectivity index (χ0n) is 12.2. The number of pyridine rings is 1. The fraction of sp³-hybridized carbons (Fsp3) is 0.200. The summed E-state index contributed by atoms with van der Waals surface area (Å²) in [5.41, 5.74) is 1.13. The largest absolute Gasteiger partial charge is 0.274 e. The highest BCUT2D eigenvalue weighted by molar-refractivity contribution is 8.00. The Morgan fingerprint density at radius 1 is 1.23 bits per heavy atom. The van der Waals surface area contributed by atoms with Crippen molar-refractivity contribution in [3.05, 3.63) is 48.3 Å². The molecule has 1 N–H and O–H groups in total. The fourth-order valence-corrected chi connectivity index (χ4v) is 4.01. The summed E-state index contributed by atoms with van der Waals surface area (Å²) in [5, 5.41) is 0. The third kappa shape index (κ3) is 4.08. The predicted octanol–water partition coefficient (Wildman–Crippen LogP) is 2.76. The molecule has 0 bridgehead atoms. The summed E-state index contributed by atoms with van der Waals surface area (Å²) >= 11 is 1.31. The monoisotopic (exact) mass is 336 g/mol. The summed E-state index contributed by atoms with van der Waals surface area (Å²) in [5.74, 6) is -0.546. The van der Waals surface area contributed by atoms with Crippen LogP contribution in [-0.4, -0.2) is 19.3 Å². The molecular weight excluding hydrogens is 320 g/mol. The average molecular weight is 336 g/mol. The average Bonchev–Trinajstić information content (AvgIpc) is 2.49. The molecule has 0 unspecified atom stereocenters. The second kappa shape index (κ2) is 6.93. The topological polar surface area (TPSA) is 76.1 Å². The van der Waals surface area contributed by atoms with Crippen LogP contribution >= 0.6 is 11.8 Å². The van der Waals surface area contributed by atoms with Crippen LogP contribution in [-0.2, 0) is 14.8 Å². The van der Waals surface area contributed by atoms with Gasteiger partial charge in [0.25, 0.3) is 10.0 Å². The number of aryl methyl sites for hydroxylation is 1. The van der Waals surface area contributed by atoms with Crippen molar-refractivity contribution in [1.82, 2.24) is 9.71 Å². The molecule has 0 saturated carbocycles. The molecule has 116 valence electrons. The van der Waals surface area contributed by atoms with Crippen LogP contribution in [0.4, 0.5) is 0 Å². The molecule has 0 saturated heterocycles. The Hall–Kier alpha value is -1.86. The first-order valence-corrected chi connectivity index (χ1v) is 8.96. The second-order valence-corrected chi connectivity index (χ2v) is 7.39. The van der Waals surface area contributed by atoms with Crippen LogP contribution in [0.15, 0.2) is 57.4 Å². The van der Waals surface area contributed by atoms with Crippen molar-refractivity contribution in [1.29, 1.82) is 0 Å². The molecule has 0 aliphatic rings. The van der Waals surface area contributed by atoms with E-state index in [2.05, 4.69) is 4.98 Å². The third-order valence-corrected chi connectivity index (χ3v) is 5.47. The van der Waals surface area contributed by atoms with Gasteiger partial charge in [-0.15, -0.1) is 0 Å². The summed E-state index contributed by atoms with van der Waals surface area (Å²) in [6.07, 6.45) is 2.87. The number of amides is 1. The maximum absolute atomic E-state index is 12.3. The fourth-order valence-electron chi connectivity index (χ4n) is 1.66. The van der Waals surface area contributed by atoms with Crippen LogP contribution in [0, 0.1) is 6.92 Å². The van der Waals surface area contributed by atoms with E-state index in [9.17, 15) is 13.2 Å². The van der Waals surface area contributed by atoms with Gasteiger partial charge in [0.2, 0.25) is 5.91 Å². The molecule has 0 radical (unpaired) electrons. The number of benzene rings is 1. The minimum absolute atomic E-state index is 0.00220. The van der Waals surface area contributed by atoms with E-state index in [-0.39, 0.29) is 11.3 Å². The van der Waals surface area contributed by atoms with Crippen molar-refractivity contribution in [2.24, 2.45) is 0 Å². The molecule has 1 heterocycles. The summed E-state index contributed by atoms with van der Waals surface area (Å²) in [4.78, 5) is 16.7. The Morgan fingerprint density at radius 3 is 2.55 bits per heavy atom. The van der Waals surface area contributed by atoms with Gasteiger partial charge in [0.05, 0.1) is 0 Å².